The molecule has 2 aromatic heterocycles. The Hall–Kier alpha value is -4.18. The number of carbonyl (C=O) groups excluding carboxylic acids is 1. The van der Waals surface area contributed by atoms with Gasteiger partial charge in [0, 0.05) is 55.2 Å². The Bertz CT molecular complexity index is 1520. The van der Waals surface area contributed by atoms with Gasteiger partial charge < -0.3 is 14.5 Å². The Morgan fingerprint density at radius 2 is 1.65 bits per heavy atom. The van der Waals surface area contributed by atoms with E-state index in [9.17, 15) is 13.2 Å². The topological polar surface area (TPSA) is 105 Å². The summed E-state index contributed by atoms with van der Waals surface area (Å²) in [7, 11) is -2.27. The Kier molecular flexibility index (Phi) is 6.91. The minimum atomic E-state index is -3.87. The van der Waals surface area contributed by atoms with E-state index in [4.69, 9.17) is 4.74 Å². The molecule has 3 heterocycles. The zero-order valence-corrected chi connectivity index (χ0v) is 21.2. The molecule has 10 heteroatoms. The summed E-state index contributed by atoms with van der Waals surface area (Å²) in [4.78, 5) is 25.8. The first-order valence-corrected chi connectivity index (χ1v) is 13.4. The molecular weight excluding hydrogens is 490 g/mol. The molecule has 1 fully saturated rings. The van der Waals surface area contributed by atoms with E-state index in [2.05, 4.69) is 19.6 Å². The number of sulfonamides is 1. The summed E-state index contributed by atoms with van der Waals surface area (Å²) in [6.45, 7) is 2.63. The van der Waals surface area contributed by atoms with Gasteiger partial charge in [-0.25, -0.2) is 13.4 Å². The number of nitrogens with one attached hydrogen (secondary N) is 1. The number of amides is 1. The average molecular weight is 518 g/mol. The standard InChI is InChI=1S/C27H27N5O4S/c1-36-26-23(8-4-15-29-26)31-16-5-17-32(19-18-31)27(33)21-10-12-22(13-11-21)30-37(34,35)24-9-2-6-20-7-3-14-28-25(20)24/h2-4,6-15,30H,5,16-19H2,1H3. The summed E-state index contributed by atoms with van der Waals surface area (Å²) in [5.41, 5.74) is 2.19. The van der Waals surface area contributed by atoms with Crippen molar-refractivity contribution < 1.29 is 17.9 Å². The Balaban J connectivity index is 1.27. The van der Waals surface area contributed by atoms with Gasteiger partial charge in [0.15, 0.2) is 0 Å². The van der Waals surface area contributed by atoms with E-state index < -0.39 is 10.0 Å². The highest BCUT2D eigenvalue weighted by molar-refractivity contribution is 7.93. The molecular formula is C27H27N5O4S. The quantitative estimate of drug-likeness (QED) is 0.415. The van der Waals surface area contributed by atoms with Gasteiger partial charge in [0.05, 0.1) is 18.3 Å². The molecule has 1 aliphatic heterocycles. The number of para-hydroxylation sites is 1. The predicted octanol–water partition coefficient (Wildman–Crippen LogP) is 3.79. The first-order valence-electron chi connectivity index (χ1n) is 12.0. The van der Waals surface area contributed by atoms with Crippen molar-refractivity contribution in [3.63, 3.8) is 0 Å². The van der Waals surface area contributed by atoms with Gasteiger partial charge in [-0.05, 0) is 55.0 Å². The first kappa shape index (κ1) is 24.5. The van der Waals surface area contributed by atoms with Crippen LogP contribution in [0, 0.1) is 0 Å². The van der Waals surface area contributed by atoms with Gasteiger partial charge in [0.1, 0.15) is 4.90 Å². The lowest BCUT2D eigenvalue weighted by atomic mass is 10.2. The molecule has 0 bridgehead atoms. The van der Waals surface area contributed by atoms with Crippen LogP contribution in [-0.2, 0) is 10.0 Å². The van der Waals surface area contributed by atoms with Gasteiger partial charge in [0.25, 0.3) is 15.9 Å². The number of hydrogen-bond donors (Lipinski definition) is 1. The fourth-order valence-corrected chi connectivity index (χ4v) is 5.75. The molecule has 0 radical (unpaired) electrons. The highest BCUT2D eigenvalue weighted by atomic mass is 32.2. The normalized spacial score (nSPS) is 14.3. The highest BCUT2D eigenvalue weighted by Crippen LogP contribution is 2.27. The number of ether oxygens (including phenoxy) is 1. The lowest BCUT2D eigenvalue weighted by Gasteiger charge is -2.24. The minimum Gasteiger partial charge on any atom is -0.480 e. The molecule has 1 amide bonds. The van der Waals surface area contributed by atoms with Crippen molar-refractivity contribution >= 4 is 38.2 Å². The van der Waals surface area contributed by atoms with Gasteiger partial charge in [-0.1, -0.05) is 18.2 Å². The van der Waals surface area contributed by atoms with Gasteiger partial charge in [-0.3, -0.25) is 14.5 Å². The molecule has 4 aromatic rings. The van der Waals surface area contributed by atoms with Crippen LogP contribution in [0.5, 0.6) is 5.88 Å². The van der Waals surface area contributed by atoms with Crippen molar-refractivity contribution in [2.45, 2.75) is 11.3 Å². The van der Waals surface area contributed by atoms with Crippen molar-refractivity contribution in [2.75, 3.05) is 42.9 Å². The van der Waals surface area contributed by atoms with Crippen LogP contribution < -0.4 is 14.4 Å². The second-order valence-corrected chi connectivity index (χ2v) is 10.3. The molecule has 5 rings (SSSR count). The number of hydrogen-bond acceptors (Lipinski definition) is 7. The second-order valence-electron chi connectivity index (χ2n) is 8.68. The number of fused-ring (bicyclic) bond motifs is 1. The van der Waals surface area contributed by atoms with E-state index in [0.29, 0.717) is 42.3 Å². The van der Waals surface area contributed by atoms with E-state index in [0.717, 1.165) is 24.0 Å². The number of methoxy groups -OCH3 is 1. The maximum absolute atomic E-state index is 13.2. The molecule has 0 unspecified atom stereocenters. The summed E-state index contributed by atoms with van der Waals surface area (Å²) >= 11 is 0. The maximum Gasteiger partial charge on any atom is 0.264 e. The van der Waals surface area contributed by atoms with Crippen LogP contribution in [0.15, 0.2) is 84.0 Å². The maximum atomic E-state index is 13.2. The van der Waals surface area contributed by atoms with Crippen LogP contribution in [0.2, 0.25) is 0 Å². The molecule has 1 N–H and O–H groups in total. The van der Waals surface area contributed by atoms with Crippen LogP contribution >= 0.6 is 0 Å². The van der Waals surface area contributed by atoms with Crippen molar-refractivity contribution in [3.05, 3.63) is 84.7 Å². The molecule has 0 spiro atoms. The smallest absolute Gasteiger partial charge is 0.264 e. The molecule has 2 aromatic carbocycles. The van der Waals surface area contributed by atoms with Crippen LogP contribution in [-0.4, -0.2) is 62.5 Å². The average Bonchev–Trinajstić information content (AvgIpc) is 3.19. The van der Waals surface area contributed by atoms with Crippen LogP contribution in [0.1, 0.15) is 16.8 Å². The summed E-state index contributed by atoms with van der Waals surface area (Å²) < 4.78 is 34.1. The molecule has 190 valence electrons. The Morgan fingerprint density at radius 3 is 2.46 bits per heavy atom. The SMILES string of the molecule is COc1ncccc1N1CCCN(C(=O)c2ccc(NS(=O)(=O)c3cccc4cccnc34)cc2)CC1. The number of pyridine rings is 2. The Labute approximate surface area is 215 Å². The van der Waals surface area contributed by atoms with Crippen LogP contribution in [0.4, 0.5) is 11.4 Å². The van der Waals surface area contributed by atoms with E-state index in [1.807, 2.05) is 29.2 Å². The number of aromatic nitrogens is 2. The molecule has 1 aliphatic rings. The second kappa shape index (κ2) is 10.4. The molecule has 0 atom stereocenters. The number of anilines is 2. The van der Waals surface area contributed by atoms with Crippen molar-refractivity contribution in [2.24, 2.45) is 0 Å². The Morgan fingerprint density at radius 1 is 0.892 bits per heavy atom. The molecule has 37 heavy (non-hydrogen) atoms. The van der Waals surface area contributed by atoms with Crippen molar-refractivity contribution in [1.82, 2.24) is 14.9 Å². The van der Waals surface area contributed by atoms with E-state index in [1.54, 1.807) is 55.9 Å². The fourth-order valence-electron chi connectivity index (χ4n) is 4.51. The zero-order chi connectivity index (χ0) is 25.8. The van der Waals surface area contributed by atoms with Crippen LogP contribution in [0.3, 0.4) is 0 Å². The third-order valence-electron chi connectivity index (χ3n) is 6.34. The summed E-state index contributed by atoms with van der Waals surface area (Å²) in [6.07, 6.45) is 4.07. The first-order chi connectivity index (χ1) is 18.0. The van der Waals surface area contributed by atoms with E-state index in [-0.39, 0.29) is 10.8 Å². The number of nitrogens with zero attached hydrogens (tertiary/aromatic N) is 4. The van der Waals surface area contributed by atoms with E-state index >= 15 is 0 Å². The third-order valence-corrected chi connectivity index (χ3v) is 7.75. The largest absolute Gasteiger partial charge is 0.480 e. The van der Waals surface area contributed by atoms with E-state index in [1.165, 1.54) is 6.07 Å². The predicted molar refractivity (Wildman–Crippen MR) is 143 cm³/mol. The lowest BCUT2D eigenvalue weighted by Crippen LogP contribution is -2.35. The number of carbonyl (C=O) groups is 1. The molecule has 0 aliphatic carbocycles. The number of rotatable bonds is 6. The van der Waals surface area contributed by atoms with Gasteiger partial charge in [-0.2, -0.15) is 0 Å². The molecule has 0 saturated carbocycles. The van der Waals surface area contributed by atoms with Gasteiger partial charge >= 0.3 is 0 Å². The third kappa shape index (κ3) is 5.19. The fraction of sp³-hybridized carbons (Fsp3) is 0.222. The highest BCUT2D eigenvalue weighted by Gasteiger charge is 2.23. The summed E-state index contributed by atoms with van der Waals surface area (Å²) in [5.74, 6) is 0.479. The molecule has 1 saturated heterocycles. The zero-order valence-electron chi connectivity index (χ0n) is 20.4. The summed E-state index contributed by atoms with van der Waals surface area (Å²) in [5, 5.41) is 0.740. The number of benzene rings is 2. The van der Waals surface area contributed by atoms with Gasteiger partial charge in [-0.15, -0.1) is 0 Å². The van der Waals surface area contributed by atoms with Crippen LogP contribution in [0.25, 0.3) is 10.9 Å². The van der Waals surface area contributed by atoms with Gasteiger partial charge in [0.2, 0.25) is 5.88 Å². The summed E-state index contributed by atoms with van der Waals surface area (Å²) in [6, 6.07) is 19.0. The van der Waals surface area contributed by atoms with Crippen molar-refractivity contribution in [3.8, 4) is 5.88 Å². The lowest BCUT2D eigenvalue weighted by molar-refractivity contribution is 0.0767. The van der Waals surface area contributed by atoms with Crippen molar-refractivity contribution in [1.29, 1.82) is 0 Å². The monoisotopic (exact) mass is 517 g/mol. The minimum absolute atomic E-state index is 0.0901. The molecule has 9 nitrogen and oxygen atoms in total.